The van der Waals surface area contributed by atoms with Crippen LogP contribution in [0.4, 0.5) is 0 Å². The summed E-state index contributed by atoms with van der Waals surface area (Å²) in [5.74, 6) is 0. The molecule has 2 aromatic rings. The van der Waals surface area contributed by atoms with Crippen molar-refractivity contribution in [2.75, 3.05) is 0 Å². The lowest BCUT2D eigenvalue weighted by Gasteiger charge is -2.05. The van der Waals surface area contributed by atoms with Crippen LogP contribution in [-0.4, -0.2) is 8.42 Å². The van der Waals surface area contributed by atoms with E-state index in [1.165, 1.54) is 11.3 Å². The molecule has 3 nitrogen and oxygen atoms in total. The minimum absolute atomic E-state index is 0.293. The Balaban J connectivity index is 2.09. The van der Waals surface area contributed by atoms with E-state index < -0.39 is 10.0 Å². The van der Waals surface area contributed by atoms with Crippen LogP contribution < -0.4 is 4.72 Å². The molecule has 0 atom stereocenters. The molecular weight excluding hydrogens is 346 g/mol. The molecule has 0 saturated heterocycles. The fourth-order valence-electron chi connectivity index (χ4n) is 1.59. The number of hydrogen-bond donors (Lipinski definition) is 1. The summed E-state index contributed by atoms with van der Waals surface area (Å²) in [5.41, 5.74) is 0.922. The number of rotatable bonds is 5. The van der Waals surface area contributed by atoms with Crippen molar-refractivity contribution in [3.63, 3.8) is 0 Å². The molecule has 0 aliphatic carbocycles. The third-order valence-electron chi connectivity index (χ3n) is 2.61. The van der Waals surface area contributed by atoms with Crippen LogP contribution >= 0.6 is 27.3 Å². The molecule has 0 fully saturated rings. The van der Waals surface area contributed by atoms with Crippen molar-refractivity contribution in [1.82, 2.24) is 4.72 Å². The van der Waals surface area contributed by atoms with Gasteiger partial charge in [-0.1, -0.05) is 35.0 Å². The van der Waals surface area contributed by atoms with Crippen LogP contribution in [0.25, 0.3) is 0 Å². The second kappa shape index (κ2) is 6.17. The maximum atomic E-state index is 12.1. The second-order valence-electron chi connectivity index (χ2n) is 4.03. The first-order valence-electron chi connectivity index (χ1n) is 5.84. The molecule has 102 valence electrons. The van der Waals surface area contributed by atoms with Gasteiger partial charge in [-0.25, -0.2) is 13.1 Å². The van der Waals surface area contributed by atoms with Crippen LogP contribution in [0, 0.1) is 0 Å². The van der Waals surface area contributed by atoms with Crippen molar-refractivity contribution < 1.29 is 8.42 Å². The molecule has 0 spiro atoms. The van der Waals surface area contributed by atoms with Gasteiger partial charge in [0.2, 0.25) is 10.0 Å². The lowest BCUT2D eigenvalue weighted by Crippen LogP contribution is -2.22. The third-order valence-corrected chi connectivity index (χ3v) is 6.22. The van der Waals surface area contributed by atoms with Gasteiger partial charge in [0.25, 0.3) is 0 Å². The molecular formula is C13H14BrNO2S2. The van der Waals surface area contributed by atoms with E-state index in [1.54, 1.807) is 6.07 Å². The number of thiophene rings is 1. The van der Waals surface area contributed by atoms with E-state index in [0.29, 0.717) is 10.8 Å². The van der Waals surface area contributed by atoms with Crippen LogP contribution in [0.5, 0.6) is 0 Å². The summed E-state index contributed by atoms with van der Waals surface area (Å²) in [6.45, 7) is 2.30. The lowest BCUT2D eigenvalue weighted by molar-refractivity contribution is 0.583. The van der Waals surface area contributed by atoms with E-state index in [9.17, 15) is 8.42 Å². The zero-order valence-electron chi connectivity index (χ0n) is 10.4. The summed E-state index contributed by atoms with van der Waals surface area (Å²) in [4.78, 5) is 1.07. The van der Waals surface area contributed by atoms with Gasteiger partial charge < -0.3 is 0 Å². The third kappa shape index (κ3) is 3.89. The standard InChI is InChI=1S/C13H14BrNO2S2/c1-2-12-6-7-13(18-12)19(16,17)15-9-10-4-3-5-11(14)8-10/h3-8,15H,2,9H2,1H3. The molecule has 0 radical (unpaired) electrons. The number of benzene rings is 1. The molecule has 0 saturated carbocycles. The molecule has 19 heavy (non-hydrogen) atoms. The Bertz CT molecular complexity index is 665. The topological polar surface area (TPSA) is 46.2 Å². The molecule has 1 N–H and O–H groups in total. The van der Waals surface area contributed by atoms with Crippen LogP contribution in [0.1, 0.15) is 17.4 Å². The Hall–Kier alpha value is -0.690. The zero-order valence-corrected chi connectivity index (χ0v) is 13.6. The highest BCUT2D eigenvalue weighted by molar-refractivity contribution is 9.10. The summed E-state index contributed by atoms with van der Waals surface area (Å²) in [5, 5.41) is 0. The monoisotopic (exact) mass is 359 g/mol. The number of halogens is 1. The number of nitrogens with one attached hydrogen (secondary N) is 1. The first kappa shape index (κ1) is 14.7. The van der Waals surface area contributed by atoms with E-state index in [2.05, 4.69) is 20.7 Å². The normalized spacial score (nSPS) is 11.7. The molecule has 2 rings (SSSR count). The highest BCUT2D eigenvalue weighted by Crippen LogP contribution is 2.22. The average molecular weight is 360 g/mol. The quantitative estimate of drug-likeness (QED) is 0.886. The Labute approximate surface area is 125 Å². The van der Waals surface area contributed by atoms with Gasteiger partial charge in [-0.3, -0.25) is 0 Å². The Morgan fingerprint density at radius 1 is 1.26 bits per heavy atom. The fourth-order valence-corrected chi connectivity index (χ4v) is 4.39. The molecule has 1 aromatic carbocycles. The predicted molar refractivity (Wildman–Crippen MR) is 81.9 cm³/mol. The van der Waals surface area contributed by atoms with E-state index in [1.807, 2.05) is 37.3 Å². The molecule has 0 aliphatic rings. The molecule has 0 unspecified atom stereocenters. The van der Waals surface area contributed by atoms with Crippen LogP contribution in [0.15, 0.2) is 45.1 Å². The minimum atomic E-state index is -3.41. The molecule has 6 heteroatoms. The summed E-state index contributed by atoms with van der Waals surface area (Å²) in [6.07, 6.45) is 0.853. The fraction of sp³-hybridized carbons (Fsp3) is 0.231. The number of hydrogen-bond acceptors (Lipinski definition) is 3. The maximum Gasteiger partial charge on any atom is 0.250 e. The Kier molecular flexibility index (Phi) is 4.78. The van der Waals surface area contributed by atoms with Gasteiger partial charge in [0, 0.05) is 15.9 Å². The molecule has 1 aromatic heterocycles. The van der Waals surface area contributed by atoms with Crippen LogP contribution in [-0.2, 0) is 23.0 Å². The highest BCUT2D eigenvalue weighted by atomic mass is 79.9. The zero-order chi connectivity index (χ0) is 13.9. The van der Waals surface area contributed by atoms with Crippen LogP contribution in [0.3, 0.4) is 0 Å². The van der Waals surface area contributed by atoms with Crippen LogP contribution in [0.2, 0.25) is 0 Å². The van der Waals surface area contributed by atoms with Crippen molar-refractivity contribution in [3.05, 3.63) is 51.3 Å². The van der Waals surface area contributed by atoms with Gasteiger partial charge in [-0.15, -0.1) is 11.3 Å². The van der Waals surface area contributed by atoms with Crippen molar-refractivity contribution in [2.45, 2.75) is 24.1 Å². The smallest absolute Gasteiger partial charge is 0.206 e. The van der Waals surface area contributed by atoms with E-state index >= 15 is 0 Å². The second-order valence-corrected chi connectivity index (χ2v) is 8.11. The molecule has 1 heterocycles. The largest absolute Gasteiger partial charge is 0.250 e. The van der Waals surface area contributed by atoms with E-state index in [0.717, 1.165) is 21.3 Å². The highest BCUT2D eigenvalue weighted by Gasteiger charge is 2.16. The first-order chi connectivity index (χ1) is 9.01. The van der Waals surface area contributed by atoms with E-state index in [4.69, 9.17) is 0 Å². The van der Waals surface area contributed by atoms with Gasteiger partial charge in [-0.2, -0.15) is 0 Å². The summed E-state index contributed by atoms with van der Waals surface area (Å²) in [6, 6.07) is 11.1. The molecule has 0 aliphatic heterocycles. The summed E-state index contributed by atoms with van der Waals surface area (Å²) < 4.78 is 28.1. The number of aryl methyl sites for hydroxylation is 1. The van der Waals surface area contributed by atoms with Crippen molar-refractivity contribution in [2.24, 2.45) is 0 Å². The van der Waals surface area contributed by atoms with Gasteiger partial charge in [0.1, 0.15) is 4.21 Å². The van der Waals surface area contributed by atoms with Crippen molar-refractivity contribution in [3.8, 4) is 0 Å². The first-order valence-corrected chi connectivity index (χ1v) is 8.93. The average Bonchev–Trinajstić information content (AvgIpc) is 2.86. The molecule has 0 amide bonds. The number of sulfonamides is 1. The predicted octanol–water partition coefficient (Wildman–Crippen LogP) is 3.55. The van der Waals surface area contributed by atoms with Crippen molar-refractivity contribution >= 4 is 37.3 Å². The van der Waals surface area contributed by atoms with Crippen molar-refractivity contribution in [1.29, 1.82) is 0 Å². The SMILES string of the molecule is CCc1ccc(S(=O)(=O)NCc2cccc(Br)c2)s1. The maximum absolute atomic E-state index is 12.1. The lowest BCUT2D eigenvalue weighted by atomic mass is 10.2. The minimum Gasteiger partial charge on any atom is -0.206 e. The summed E-state index contributed by atoms with van der Waals surface area (Å²) in [7, 11) is -3.41. The Morgan fingerprint density at radius 3 is 2.68 bits per heavy atom. The van der Waals surface area contributed by atoms with Gasteiger partial charge in [0.05, 0.1) is 0 Å². The Morgan fingerprint density at radius 2 is 2.05 bits per heavy atom. The summed E-state index contributed by atoms with van der Waals surface area (Å²) >= 11 is 4.68. The molecule has 0 bridgehead atoms. The van der Waals surface area contributed by atoms with E-state index in [-0.39, 0.29) is 0 Å². The van der Waals surface area contributed by atoms with Gasteiger partial charge in [0.15, 0.2) is 0 Å². The van der Waals surface area contributed by atoms with Gasteiger partial charge >= 0.3 is 0 Å². The van der Waals surface area contributed by atoms with Gasteiger partial charge in [-0.05, 0) is 36.2 Å².